The first kappa shape index (κ1) is 18.6. The largest absolute Gasteiger partial charge is 0.242 e. The summed E-state index contributed by atoms with van der Waals surface area (Å²) in [5.74, 6) is 2.03. The van der Waals surface area contributed by atoms with Crippen molar-refractivity contribution in [3.8, 4) is 5.69 Å². The van der Waals surface area contributed by atoms with E-state index in [2.05, 4.69) is 15.5 Å². The molecule has 1 heterocycles. The fourth-order valence-electron chi connectivity index (χ4n) is 2.33. The number of benzene rings is 2. The van der Waals surface area contributed by atoms with Gasteiger partial charge in [0.2, 0.25) is 10.0 Å². The molecule has 1 aromatic heterocycles. The fourth-order valence-corrected chi connectivity index (χ4v) is 4.18. The van der Waals surface area contributed by atoms with Crippen molar-refractivity contribution in [2.75, 3.05) is 14.1 Å². The molecule has 0 bridgehead atoms. The molecule has 0 saturated carbocycles. The summed E-state index contributed by atoms with van der Waals surface area (Å²) in [5.41, 5.74) is 1.85. The first-order chi connectivity index (χ1) is 12.5. The van der Waals surface area contributed by atoms with Crippen LogP contribution in [0.25, 0.3) is 5.69 Å². The van der Waals surface area contributed by atoms with Crippen LogP contribution in [0, 0.1) is 0 Å². The van der Waals surface area contributed by atoms with E-state index in [1.807, 2.05) is 36.4 Å². The first-order valence-electron chi connectivity index (χ1n) is 7.90. The van der Waals surface area contributed by atoms with Crippen LogP contribution in [0.2, 0.25) is 0 Å². The number of sulfonamides is 1. The molecule has 3 aromatic rings. The molecule has 0 N–H and O–H groups in total. The van der Waals surface area contributed by atoms with E-state index in [0.29, 0.717) is 16.4 Å². The number of nitrogens with zero attached hydrogens (tertiary/aromatic N) is 5. The molecule has 0 spiro atoms. The summed E-state index contributed by atoms with van der Waals surface area (Å²) in [7, 11) is -0.367. The van der Waals surface area contributed by atoms with Gasteiger partial charge in [0.1, 0.15) is 0 Å². The maximum Gasteiger partial charge on any atom is 0.242 e. The minimum Gasteiger partial charge on any atom is -0.207 e. The van der Waals surface area contributed by atoms with Crippen LogP contribution in [0.15, 0.2) is 59.5 Å². The van der Waals surface area contributed by atoms with Gasteiger partial charge in [-0.25, -0.2) is 12.7 Å². The molecule has 0 unspecified atom stereocenters. The van der Waals surface area contributed by atoms with Crippen molar-refractivity contribution in [1.29, 1.82) is 0 Å². The highest BCUT2D eigenvalue weighted by Gasteiger charge is 2.17. The molecule has 0 saturated heterocycles. The van der Waals surface area contributed by atoms with Gasteiger partial charge in [-0.1, -0.05) is 30.3 Å². The number of hydrogen-bond donors (Lipinski definition) is 0. The summed E-state index contributed by atoms with van der Waals surface area (Å²) in [5, 5.41) is 11.9. The van der Waals surface area contributed by atoms with E-state index < -0.39 is 10.0 Å². The molecular weight excluding hydrogens is 370 g/mol. The maximum absolute atomic E-state index is 12.2. The van der Waals surface area contributed by atoms with E-state index in [-0.39, 0.29) is 0 Å². The van der Waals surface area contributed by atoms with Crippen molar-refractivity contribution in [2.24, 2.45) is 0 Å². The lowest BCUT2D eigenvalue weighted by Crippen LogP contribution is -2.22. The van der Waals surface area contributed by atoms with Crippen LogP contribution in [-0.2, 0) is 21.5 Å². The Morgan fingerprint density at radius 3 is 2.54 bits per heavy atom. The second-order valence-electron chi connectivity index (χ2n) is 5.77. The summed E-state index contributed by atoms with van der Waals surface area (Å²) >= 11 is 1.63. The van der Waals surface area contributed by atoms with Crippen LogP contribution in [0.5, 0.6) is 0 Å². The van der Waals surface area contributed by atoms with Gasteiger partial charge in [0, 0.05) is 19.8 Å². The Morgan fingerprint density at radius 1 is 1.04 bits per heavy atom. The van der Waals surface area contributed by atoms with Gasteiger partial charge < -0.3 is 0 Å². The van der Waals surface area contributed by atoms with E-state index in [0.717, 1.165) is 17.1 Å². The number of tetrazole rings is 1. The van der Waals surface area contributed by atoms with Gasteiger partial charge in [-0.05, 0) is 40.3 Å². The van der Waals surface area contributed by atoms with Crippen molar-refractivity contribution in [3.05, 3.63) is 66.0 Å². The Balaban J connectivity index is 1.68. The van der Waals surface area contributed by atoms with Gasteiger partial charge in [-0.15, -0.1) is 16.9 Å². The molecule has 0 aliphatic rings. The summed E-state index contributed by atoms with van der Waals surface area (Å²) < 4.78 is 27.4. The lowest BCUT2D eigenvalue weighted by atomic mass is 10.2. The Hall–Kier alpha value is -2.23. The minimum atomic E-state index is -3.42. The van der Waals surface area contributed by atoms with Crippen molar-refractivity contribution in [1.82, 2.24) is 24.5 Å². The van der Waals surface area contributed by atoms with Crippen molar-refractivity contribution in [2.45, 2.75) is 16.4 Å². The first-order valence-corrected chi connectivity index (χ1v) is 10.5. The van der Waals surface area contributed by atoms with Crippen LogP contribution >= 0.6 is 11.8 Å². The third-order valence-corrected chi connectivity index (χ3v) is 6.52. The number of aromatic nitrogens is 4. The third-order valence-electron chi connectivity index (χ3n) is 3.71. The van der Waals surface area contributed by atoms with E-state index >= 15 is 0 Å². The highest BCUT2D eigenvalue weighted by Crippen LogP contribution is 2.21. The monoisotopic (exact) mass is 389 g/mol. The van der Waals surface area contributed by atoms with E-state index in [9.17, 15) is 8.42 Å². The van der Waals surface area contributed by atoms with Crippen LogP contribution in [0.1, 0.15) is 11.4 Å². The highest BCUT2D eigenvalue weighted by atomic mass is 32.2. The summed E-state index contributed by atoms with van der Waals surface area (Å²) in [6.07, 6.45) is 0. The zero-order chi connectivity index (χ0) is 18.6. The molecule has 0 amide bonds. The Labute approximate surface area is 157 Å². The smallest absolute Gasteiger partial charge is 0.207 e. The molecule has 3 rings (SSSR count). The zero-order valence-corrected chi connectivity index (χ0v) is 16.1. The molecule has 136 valence electrons. The molecule has 0 aliphatic carbocycles. The summed E-state index contributed by atoms with van der Waals surface area (Å²) in [6, 6.07) is 16.7. The average molecular weight is 390 g/mol. The lowest BCUT2D eigenvalue weighted by Gasteiger charge is -2.12. The second-order valence-corrected chi connectivity index (χ2v) is 8.91. The van der Waals surface area contributed by atoms with Crippen LogP contribution < -0.4 is 0 Å². The van der Waals surface area contributed by atoms with Crippen LogP contribution in [0.4, 0.5) is 0 Å². The second kappa shape index (κ2) is 7.98. The highest BCUT2D eigenvalue weighted by molar-refractivity contribution is 7.97. The SMILES string of the molecule is CN(C)S(=O)(=O)c1cccc(CSCc2nnnn2-c2ccccc2)c1. The van der Waals surface area contributed by atoms with Crippen molar-refractivity contribution in [3.63, 3.8) is 0 Å². The van der Waals surface area contributed by atoms with Gasteiger partial charge in [0.15, 0.2) is 5.82 Å². The Morgan fingerprint density at radius 2 is 1.81 bits per heavy atom. The van der Waals surface area contributed by atoms with Gasteiger partial charge in [-0.3, -0.25) is 0 Å². The van der Waals surface area contributed by atoms with E-state index in [4.69, 9.17) is 0 Å². The molecule has 0 aliphatic heterocycles. The van der Waals surface area contributed by atoms with Crippen molar-refractivity contribution >= 4 is 21.8 Å². The molecular formula is C17H19N5O2S2. The number of rotatable bonds is 7. The standard InChI is InChI=1S/C17H19N5O2S2/c1-21(2)26(23,24)16-10-6-7-14(11-16)12-25-13-17-18-19-20-22(17)15-8-4-3-5-9-15/h3-11H,12-13H2,1-2H3. The normalized spacial score (nSPS) is 11.8. The van der Waals surface area contributed by atoms with Crippen LogP contribution in [-0.4, -0.2) is 47.0 Å². The molecule has 0 radical (unpaired) electrons. The van der Waals surface area contributed by atoms with E-state index in [1.165, 1.54) is 18.4 Å². The number of para-hydroxylation sites is 1. The van der Waals surface area contributed by atoms with Crippen LogP contribution in [0.3, 0.4) is 0 Å². The quantitative estimate of drug-likeness (QED) is 0.617. The topological polar surface area (TPSA) is 81.0 Å². The Bertz CT molecular complexity index is 972. The predicted molar refractivity (Wildman–Crippen MR) is 101 cm³/mol. The molecule has 2 aromatic carbocycles. The van der Waals surface area contributed by atoms with Gasteiger partial charge in [-0.2, -0.15) is 4.68 Å². The molecule has 26 heavy (non-hydrogen) atoms. The Kier molecular flexibility index (Phi) is 5.70. The average Bonchev–Trinajstić information content (AvgIpc) is 3.11. The zero-order valence-electron chi connectivity index (χ0n) is 14.5. The van der Waals surface area contributed by atoms with Gasteiger partial charge in [0.05, 0.1) is 16.3 Å². The fraction of sp³-hybridized carbons (Fsp3) is 0.235. The summed E-state index contributed by atoms with van der Waals surface area (Å²) in [6.45, 7) is 0. The predicted octanol–water partition coefficient (Wildman–Crippen LogP) is 2.35. The summed E-state index contributed by atoms with van der Waals surface area (Å²) in [4.78, 5) is 0.301. The van der Waals surface area contributed by atoms with E-state index in [1.54, 1.807) is 34.6 Å². The molecule has 0 atom stereocenters. The third kappa shape index (κ3) is 4.12. The lowest BCUT2D eigenvalue weighted by molar-refractivity contribution is 0.520. The van der Waals surface area contributed by atoms with Gasteiger partial charge in [0.25, 0.3) is 0 Å². The molecule has 9 heteroatoms. The maximum atomic E-state index is 12.2. The molecule has 7 nitrogen and oxygen atoms in total. The number of hydrogen-bond acceptors (Lipinski definition) is 6. The minimum absolute atomic E-state index is 0.301. The molecule has 0 fully saturated rings. The van der Waals surface area contributed by atoms with Gasteiger partial charge >= 0.3 is 0 Å². The van der Waals surface area contributed by atoms with Crippen molar-refractivity contribution < 1.29 is 8.42 Å². The number of thioether (sulfide) groups is 1.